The van der Waals surface area contributed by atoms with Crippen LogP contribution in [0.1, 0.15) is 144 Å². The molecule has 33 heteroatoms. The molecule has 0 radical (unpaired) electrons. The fourth-order valence-corrected chi connectivity index (χ4v) is 24.2. The zero-order chi connectivity index (χ0) is 84.0. The minimum atomic E-state index is -1.45. The molecule has 0 aromatic heterocycles. The van der Waals surface area contributed by atoms with Gasteiger partial charge in [0.25, 0.3) is 0 Å². The van der Waals surface area contributed by atoms with Crippen molar-refractivity contribution in [3.8, 4) is 86.6 Å². The Morgan fingerprint density at radius 3 is 1.49 bits per heavy atom. The topological polar surface area (TPSA) is 362 Å². The molecular formula is C86H91N7O24S2. The van der Waals surface area contributed by atoms with Gasteiger partial charge in [-0.15, -0.1) is 30.1 Å². The number of thioether (sulfide) groups is 2. The van der Waals surface area contributed by atoms with Crippen molar-refractivity contribution < 1.29 is 115 Å². The molecular weight excluding hydrogens is 1580 g/mol. The predicted octanol–water partition coefficient (Wildman–Crippen LogP) is 9.13. The van der Waals surface area contributed by atoms with E-state index in [4.69, 9.17) is 71.1 Å². The number of benzene rings is 6. The average molecular weight is 1670 g/mol. The molecule has 626 valence electrons. The zero-order valence-corrected chi connectivity index (χ0v) is 69.3. The summed E-state index contributed by atoms with van der Waals surface area (Å²) in [7, 11) is 9.87. The van der Waals surface area contributed by atoms with Crippen LogP contribution in [0.2, 0.25) is 0 Å². The van der Waals surface area contributed by atoms with Crippen LogP contribution in [-0.2, 0) is 74.9 Å². The number of aromatic hydroxyl groups is 2. The number of phenols is 2. The second-order valence-electron chi connectivity index (χ2n) is 31.6. The molecule has 20 rings (SSSR count). The number of rotatable bonds is 11. The van der Waals surface area contributed by atoms with Crippen LogP contribution < -0.4 is 67.5 Å². The highest BCUT2D eigenvalue weighted by Crippen LogP contribution is 2.68. The van der Waals surface area contributed by atoms with Crippen molar-refractivity contribution >= 4 is 59.5 Å². The van der Waals surface area contributed by atoms with E-state index in [-0.39, 0.29) is 85.3 Å². The summed E-state index contributed by atoms with van der Waals surface area (Å²) in [6.07, 6.45) is 2.26. The first-order valence-electron chi connectivity index (χ1n) is 39.2. The van der Waals surface area contributed by atoms with Gasteiger partial charge in [0.15, 0.2) is 80.1 Å². The number of ether oxygens (including phenoxy) is 15. The van der Waals surface area contributed by atoms with Crippen LogP contribution in [0.25, 0.3) is 0 Å². The Kier molecular flexibility index (Phi) is 20.9. The molecule has 0 amide bonds. The summed E-state index contributed by atoms with van der Waals surface area (Å²) in [6, 6.07) is 8.20. The van der Waals surface area contributed by atoms with Gasteiger partial charge >= 0.3 is 36.0 Å². The van der Waals surface area contributed by atoms with Crippen LogP contribution in [0, 0.1) is 39.0 Å². The fourth-order valence-electron chi connectivity index (χ4n) is 20.8. The summed E-state index contributed by atoms with van der Waals surface area (Å²) in [5, 5.41) is 53.8. The normalized spacial score (nSPS) is 27.5. The summed E-state index contributed by atoms with van der Waals surface area (Å²) in [4.78, 5) is 89.2. The van der Waals surface area contributed by atoms with Gasteiger partial charge in [-0.05, 0) is 136 Å². The number of methoxy groups -OCH3 is 4. The summed E-state index contributed by atoms with van der Waals surface area (Å²) < 4.78 is 88.6. The first kappa shape index (κ1) is 80.7. The number of nitrogens with zero attached hydrogens (tertiary/aromatic N) is 5. The molecule has 5 N–H and O–H groups in total. The number of piperazine rings is 2. The van der Waals surface area contributed by atoms with E-state index in [0.717, 1.165) is 39.6 Å². The number of carbonyl (C=O) groups excluding carboxylic acids is 6. The lowest BCUT2D eigenvalue weighted by Gasteiger charge is -2.62. The lowest BCUT2D eigenvalue weighted by atomic mass is 9.71. The first-order chi connectivity index (χ1) is 57.2. The van der Waals surface area contributed by atoms with Gasteiger partial charge in [0.05, 0.1) is 87.9 Å². The number of phenolic OH excluding ortho intramolecular Hbond substituents is 2. The Balaban J connectivity index is 0.000000170. The molecule has 0 saturated carbocycles. The van der Waals surface area contributed by atoms with Gasteiger partial charge in [-0.2, -0.15) is 5.26 Å². The maximum absolute atomic E-state index is 15.0. The van der Waals surface area contributed by atoms with E-state index in [1.54, 1.807) is 24.3 Å². The molecule has 14 atom stereocenters. The Bertz CT molecular complexity index is 5380. The van der Waals surface area contributed by atoms with Crippen molar-refractivity contribution in [2.24, 2.45) is 0 Å². The van der Waals surface area contributed by atoms with E-state index in [2.05, 4.69) is 44.6 Å². The van der Waals surface area contributed by atoms with Crippen LogP contribution in [0.15, 0.2) is 61.9 Å². The van der Waals surface area contributed by atoms with Gasteiger partial charge in [0, 0.05) is 101 Å². The SMILES string of the molecule is C=CCC(=O)Oc1cc2c(cc1OC)[C@@]1(CS[C@@H]3c4c(OC(C)=O)c(C)c5c(c4[C@H](COC1=O)N1C3[C@H]3c4c(cc(C)c(OC)c4O)C[C@@H]([C@@H]1O)N3C)OCO5)NCC2.C=COC(=O)Oc1cc2c(cc1OC)[C@@]1(CS[C@@H]3c4c(OC(C)=O)c(C)c5c(c4[C@H](COC1=O)N1C3[C@H]3c4c(cc(C)c(OC)c4O)C[C@@H]([C@@H]1C#N)N3C)OCO5)NCC2. The number of nitrogens with one attached hydrogen (secondary N) is 2. The van der Waals surface area contributed by atoms with Crippen molar-refractivity contribution in [1.29, 1.82) is 5.26 Å². The van der Waals surface area contributed by atoms with Gasteiger partial charge in [0.2, 0.25) is 13.6 Å². The molecule has 119 heavy (non-hydrogen) atoms. The molecule has 31 nitrogen and oxygen atoms in total. The quantitative estimate of drug-likeness (QED) is 0.0201. The van der Waals surface area contributed by atoms with Gasteiger partial charge in [0.1, 0.15) is 37.0 Å². The van der Waals surface area contributed by atoms with E-state index < -0.39 is 112 Å². The number of nitriles is 1. The smallest absolute Gasteiger partial charge is 0.504 e. The maximum Gasteiger partial charge on any atom is 0.518 e. The third-order valence-corrected chi connectivity index (χ3v) is 28.5. The molecule has 6 aromatic carbocycles. The number of carbonyl (C=O) groups is 6. The summed E-state index contributed by atoms with van der Waals surface area (Å²) in [5.41, 5.74) is 8.19. The fraction of sp³-hybridized carbons (Fsp3) is 0.453. The second-order valence-corrected chi connectivity index (χ2v) is 33.8. The highest BCUT2D eigenvalue weighted by Gasteiger charge is 2.65. The van der Waals surface area contributed by atoms with Crippen molar-refractivity contribution in [3.05, 3.63) is 151 Å². The molecule has 14 aliphatic heterocycles. The Hall–Kier alpha value is -10.7. The van der Waals surface area contributed by atoms with Crippen LogP contribution in [0.3, 0.4) is 0 Å². The van der Waals surface area contributed by atoms with Crippen molar-refractivity contribution in [3.63, 3.8) is 0 Å². The molecule has 4 fully saturated rings. The second kappa shape index (κ2) is 30.9. The number of aryl methyl sites for hydroxylation is 2. The molecule has 4 saturated heterocycles. The van der Waals surface area contributed by atoms with Gasteiger partial charge in [-0.25, -0.2) is 14.4 Å². The van der Waals surface area contributed by atoms with Gasteiger partial charge in [-0.3, -0.25) is 44.6 Å². The average Bonchev–Trinajstić information content (AvgIpc) is 1.58. The number of aliphatic hydroxyl groups excluding tert-OH is 1. The number of hydrogen-bond acceptors (Lipinski definition) is 33. The lowest BCUT2D eigenvalue weighted by Crippen LogP contribution is -2.70. The van der Waals surface area contributed by atoms with E-state index >= 15 is 0 Å². The highest BCUT2D eigenvalue weighted by molar-refractivity contribution is 7.99. The van der Waals surface area contributed by atoms with E-state index in [0.29, 0.717) is 140 Å². The minimum absolute atomic E-state index is 0.00630. The van der Waals surface area contributed by atoms with Crippen LogP contribution in [-0.4, -0.2) is 201 Å². The minimum Gasteiger partial charge on any atom is -0.504 e. The van der Waals surface area contributed by atoms with E-state index in [1.165, 1.54) is 71.9 Å². The Labute approximate surface area is 693 Å². The van der Waals surface area contributed by atoms with Crippen molar-refractivity contribution in [1.82, 2.24) is 30.2 Å². The number of esters is 5. The van der Waals surface area contributed by atoms with Crippen molar-refractivity contribution in [2.45, 2.75) is 156 Å². The predicted molar refractivity (Wildman–Crippen MR) is 427 cm³/mol. The Morgan fingerprint density at radius 1 is 0.580 bits per heavy atom. The Morgan fingerprint density at radius 2 is 1.03 bits per heavy atom. The summed E-state index contributed by atoms with van der Waals surface area (Å²) >= 11 is 2.89. The summed E-state index contributed by atoms with van der Waals surface area (Å²) in [6.45, 7) is 17.3. The summed E-state index contributed by atoms with van der Waals surface area (Å²) in [5.74, 6) is 1.38. The molecule has 0 aliphatic carbocycles. The number of likely N-dealkylation sites (N-methyl/N-ethyl adjacent to an activating group) is 2. The largest absolute Gasteiger partial charge is 0.518 e. The highest BCUT2D eigenvalue weighted by atomic mass is 32.2. The van der Waals surface area contributed by atoms with E-state index in [9.17, 15) is 49.3 Å². The third-order valence-electron chi connectivity index (χ3n) is 25.6. The maximum atomic E-state index is 15.0. The molecule has 14 heterocycles. The van der Waals surface area contributed by atoms with E-state index in [1.807, 2.05) is 58.8 Å². The van der Waals surface area contributed by atoms with Crippen LogP contribution in [0.5, 0.6) is 80.5 Å². The third kappa shape index (κ3) is 12.4. The molecule has 14 aliphatic rings. The van der Waals surface area contributed by atoms with Crippen molar-refractivity contribution in [2.75, 3.05) is 93.9 Å². The monoisotopic (exact) mass is 1670 g/mol. The van der Waals surface area contributed by atoms with Gasteiger partial charge < -0.3 is 86.4 Å². The van der Waals surface area contributed by atoms with Crippen LogP contribution >= 0.6 is 23.5 Å². The van der Waals surface area contributed by atoms with Crippen LogP contribution in [0.4, 0.5) is 4.79 Å². The lowest BCUT2D eigenvalue weighted by molar-refractivity contribution is -0.186. The molecule has 6 aromatic rings. The number of fused-ring (bicyclic) bond motifs is 18. The molecule has 2 spiro atoms. The zero-order valence-electron chi connectivity index (χ0n) is 67.6. The molecule has 8 bridgehead atoms. The molecule has 2 unspecified atom stereocenters. The van der Waals surface area contributed by atoms with Gasteiger partial charge in [-0.1, -0.05) is 24.8 Å². The number of hydrogen-bond donors (Lipinski definition) is 5. The first-order valence-corrected chi connectivity index (χ1v) is 41.3. The number of aliphatic hydroxyl groups is 1. The standard InChI is InChI=1S/C43H44N4O12S.C43H47N3O12S/c1-8-54-42(51)59-29-13-22-9-10-45-43(24(22)14-28(29)52-6)17-60-40-32-31(39-38(56-18-57-39)20(3)37(32)58-21(4)48)27(16-55-41(43)50)47-26(15-44)25-12-23-11-19(2)36(53-7)35(49)30(23)33(34(40)47)46(25)5;1-8-9-29(48)58-28-14-22-10-11-44-43(24(22)15-27(28)52-6)17-59-40-32-31(39-38(55-18-56-39)20(3)37(32)57-21(4)47)26(16-54-42(43)51)46-34(40)33-30-23(13-25(41(46)50)45(33)5)12-19(2)36(53-7)35(30)49/h8,11,13-14,25-27,33-34,40,45,49H,1,9-10,12,16-18H2,2-7H3;8,12,14-15,25-26,33-34,40-41,44,49-50H,1,9-11,13,16-18H2,2-7H3/t25-,26-,27-,33+,34?,40+,43+;25-,26-,33+,34?,40+,41-,43+/m00/s1.